The Labute approximate surface area is 175 Å². The molecule has 0 radical (unpaired) electrons. The van der Waals surface area contributed by atoms with Crippen molar-refractivity contribution in [3.8, 4) is 10.4 Å². The van der Waals surface area contributed by atoms with Crippen LogP contribution in [0.2, 0.25) is 0 Å². The molecule has 1 atom stereocenters. The highest BCUT2D eigenvalue weighted by Crippen LogP contribution is 2.31. The Morgan fingerprint density at radius 1 is 1.00 bits per heavy atom. The molecule has 0 saturated carbocycles. The highest BCUT2D eigenvalue weighted by atomic mass is 32.1. The number of anilines is 2. The lowest BCUT2D eigenvalue weighted by atomic mass is 10.1. The van der Waals surface area contributed by atoms with Crippen LogP contribution in [0, 0.1) is 6.92 Å². The molecule has 148 valence electrons. The van der Waals surface area contributed by atoms with Gasteiger partial charge in [0.15, 0.2) is 5.13 Å². The molecule has 6 heteroatoms. The van der Waals surface area contributed by atoms with Crippen molar-refractivity contribution in [2.45, 2.75) is 19.4 Å². The maximum atomic E-state index is 6.30. The standard InChI is InChI=1S/C23H25N5S/c1-15-3-5-16(6-4-15)9-20(24)13-27-23-28-14-21(29-23)17-7-8-18-12-26-22(25-2)11-19(18)10-17/h3-8,10-12,14,20H,9,13,24H2,1-2H3,(H,25,26)(H,27,28)/t20-/m0/s1. The fourth-order valence-corrected chi connectivity index (χ4v) is 4.06. The van der Waals surface area contributed by atoms with Gasteiger partial charge in [-0.15, -0.1) is 0 Å². The fraction of sp³-hybridized carbons (Fsp3) is 0.217. The first-order valence-electron chi connectivity index (χ1n) is 9.69. The van der Waals surface area contributed by atoms with E-state index in [9.17, 15) is 0 Å². The van der Waals surface area contributed by atoms with Crippen LogP contribution in [0.15, 0.2) is 60.9 Å². The molecule has 2 aromatic carbocycles. The number of nitrogens with one attached hydrogen (secondary N) is 2. The van der Waals surface area contributed by atoms with Gasteiger partial charge in [-0.1, -0.05) is 53.3 Å². The molecule has 4 aromatic rings. The van der Waals surface area contributed by atoms with Gasteiger partial charge in [0.1, 0.15) is 5.82 Å². The summed E-state index contributed by atoms with van der Waals surface area (Å²) in [6, 6.07) is 17.0. The number of thiazole rings is 1. The molecule has 0 saturated heterocycles. The molecule has 0 fully saturated rings. The summed E-state index contributed by atoms with van der Waals surface area (Å²) < 4.78 is 0. The third kappa shape index (κ3) is 4.72. The zero-order chi connectivity index (χ0) is 20.2. The number of fused-ring (bicyclic) bond motifs is 1. The van der Waals surface area contributed by atoms with E-state index in [1.54, 1.807) is 11.3 Å². The van der Waals surface area contributed by atoms with Crippen LogP contribution in [0.25, 0.3) is 21.2 Å². The van der Waals surface area contributed by atoms with Gasteiger partial charge in [-0.25, -0.2) is 9.97 Å². The minimum atomic E-state index is 0.0400. The predicted molar refractivity (Wildman–Crippen MR) is 124 cm³/mol. The Kier molecular flexibility index (Phi) is 5.74. The molecule has 0 aliphatic heterocycles. The van der Waals surface area contributed by atoms with E-state index in [4.69, 9.17) is 5.73 Å². The lowest BCUT2D eigenvalue weighted by molar-refractivity contribution is 0.699. The maximum absolute atomic E-state index is 6.30. The summed E-state index contributed by atoms with van der Waals surface area (Å²) in [4.78, 5) is 10.0. The van der Waals surface area contributed by atoms with Crippen LogP contribution >= 0.6 is 11.3 Å². The smallest absolute Gasteiger partial charge is 0.183 e. The number of pyridine rings is 1. The molecule has 0 unspecified atom stereocenters. The van der Waals surface area contributed by atoms with Crippen molar-refractivity contribution in [3.63, 3.8) is 0 Å². The van der Waals surface area contributed by atoms with Crippen LogP contribution in [0.4, 0.5) is 10.9 Å². The first-order valence-corrected chi connectivity index (χ1v) is 10.5. The van der Waals surface area contributed by atoms with Gasteiger partial charge in [-0.3, -0.25) is 0 Å². The molecule has 0 bridgehead atoms. The van der Waals surface area contributed by atoms with Crippen LogP contribution in [0.1, 0.15) is 11.1 Å². The van der Waals surface area contributed by atoms with Crippen LogP contribution < -0.4 is 16.4 Å². The van der Waals surface area contributed by atoms with Crippen molar-refractivity contribution in [3.05, 3.63) is 72.1 Å². The van der Waals surface area contributed by atoms with Gasteiger partial charge in [0.25, 0.3) is 0 Å². The Hall–Kier alpha value is -2.96. The number of benzene rings is 2. The molecule has 0 spiro atoms. The zero-order valence-electron chi connectivity index (χ0n) is 16.6. The highest BCUT2D eigenvalue weighted by molar-refractivity contribution is 7.18. The van der Waals surface area contributed by atoms with Gasteiger partial charge in [0.2, 0.25) is 0 Å². The van der Waals surface area contributed by atoms with Gasteiger partial charge in [-0.2, -0.15) is 0 Å². The van der Waals surface area contributed by atoms with E-state index in [-0.39, 0.29) is 6.04 Å². The Morgan fingerprint density at radius 2 is 1.83 bits per heavy atom. The van der Waals surface area contributed by atoms with E-state index < -0.39 is 0 Å². The maximum Gasteiger partial charge on any atom is 0.183 e. The second-order valence-electron chi connectivity index (χ2n) is 7.24. The highest BCUT2D eigenvalue weighted by Gasteiger charge is 2.09. The summed E-state index contributed by atoms with van der Waals surface area (Å²) in [5.74, 6) is 0.865. The summed E-state index contributed by atoms with van der Waals surface area (Å²) in [5, 5.41) is 9.64. The molecular weight excluding hydrogens is 378 g/mol. The normalized spacial score (nSPS) is 12.1. The zero-order valence-corrected chi connectivity index (χ0v) is 17.5. The number of rotatable bonds is 7. The topological polar surface area (TPSA) is 75.9 Å². The fourth-order valence-electron chi connectivity index (χ4n) is 3.24. The van der Waals surface area contributed by atoms with Gasteiger partial charge < -0.3 is 16.4 Å². The van der Waals surface area contributed by atoms with Crippen LogP contribution in [0.3, 0.4) is 0 Å². The van der Waals surface area contributed by atoms with Crippen molar-refractivity contribution in [2.24, 2.45) is 5.73 Å². The summed E-state index contributed by atoms with van der Waals surface area (Å²) >= 11 is 1.65. The summed E-state index contributed by atoms with van der Waals surface area (Å²) in [6.07, 6.45) is 4.65. The molecule has 2 aromatic heterocycles. The molecule has 0 aliphatic rings. The van der Waals surface area contributed by atoms with Crippen molar-refractivity contribution < 1.29 is 0 Å². The lowest BCUT2D eigenvalue weighted by Gasteiger charge is -2.12. The summed E-state index contributed by atoms with van der Waals surface area (Å²) in [7, 11) is 1.88. The minimum Gasteiger partial charge on any atom is -0.373 e. The van der Waals surface area contributed by atoms with Crippen molar-refractivity contribution >= 4 is 33.1 Å². The van der Waals surface area contributed by atoms with Crippen molar-refractivity contribution in [1.29, 1.82) is 0 Å². The Bertz CT molecular complexity index is 1100. The second-order valence-corrected chi connectivity index (χ2v) is 8.27. The van der Waals surface area contributed by atoms with E-state index in [1.165, 1.54) is 11.1 Å². The molecule has 4 N–H and O–H groups in total. The number of nitrogens with zero attached hydrogens (tertiary/aromatic N) is 2. The van der Waals surface area contributed by atoms with Gasteiger partial charge in [0, 0.05) is 37.4 Å². The molecule has 0 aliphatic carbocycles. The molecule has 0 amide bonds. The average Bonchev–Trinajstić information content (AvgIpc) is 3.22. The van der Waals surface area contributed by atoms with Gasteiger partial charge in [-0.05, 0) is 42.0 Å². The monoisotopic (exact) mass is 403 g/mol. The third-order valence-electron chi connectivity index (χ3n) is 4.90. The SMILES string of the molecule is CNc1cc2cc(-c3cnc(NC[C@@H](N)Cc4ccc(C)cc4)s3)ccc2cn1. The van der Waals surface area contributed by atoms with Crippen molar-refractivity contribution in [1.82, 2.24) is 9.97 Å². The Balaban J connectivity index is 1.41. The average molecular weight is 404 g/mol. The van der Waals surface area contributed by atoms with E-state index in [1.807, 2.05) is 19.4 Å². The minimum absolute atomic E-state index is 0.0400. The summed E-state index contributed by atoms with van der Waals surface area (Å²) in [6.45, 7) is 2.78. The number of nitrogens with two attached hydrogens (primary N) is 1. The first kappa shape index (κ1) is 19.4. The van der Waals surface area contributed by atoms with E-state index >= 15 is 0 Å². The number of aromatic nitrogens is 2. The molecule has 5 nitrogen and oxygen atoms in total. The number of aryl methyl sites for hydroxylation is 1. The number of hydrogen-bond acceptors (Lipinski definition) is 6. The van der Waals surface area contributed by atoms with Gasteiger partial charge >= 0.3 is 0 Å². The molecule has 29 heavy (non-hydrogen) atoms. The van der Waals surface area contributed by atoms with Crippen molar-refractivity contribution in [2.75, 3.05) is 24.2 Å². The van der Waals surface area contributed by atoms with Crippen LogP contribution in [0.5, 0.6) is 0 Å². The third-order valence-corrected chi connectivity index (χ3v) is 5.91. The van der Waals surface area contributed by atoms with Gasteiger partial charge in [0.05, 0.1) is 4.88 Å². The second kappa shape index (κ2) is 8.59. The quantitative estimate of drug-likeness (QED) is 0.417. The van der Waals surface area contributed by atoms with E-state index in [2.05, 4.69) is 76.1 Å². The molecular formula is C23H25N5S. The predicted octanol–water partition coefficient (Wildman–Crippen LogP) is 4.69. The van der Waals surface area contributed by atoms with E-state index in [0.717, 1.165) is 38.6 Å². The molecule has 4 rings (SSSR count). The largest absolute Gasteiger partial charge is 0.373 e. The number of hydrogen-bond donors (Lipinski definition) is 3. The van der Waals surface area contributed by atoms with Crippen LogP contribution in [-0.4, -0.2) is 29.6 Å². The first-order chi connectivity index (χ1) is 14.1. The van der Waals surface area contributed by atoms with Crippen LogP contribution in [-0.2, 0) is 6.42 Å². The van der Waals surface area contributed by atoms with E-state index in [0.29, 0.717) is 6.54 Å². The Morgan fingerprint density at radius 3 is 2.62 bits per heavy atom. The molecule has 2 heterocycles. The lowest BCUT2D eigenvalue weighted by Crippen LogP contribution is -2.31. The summed E-state index contributed by atoms with van der Waals surface area (Å²) in [5.41, 5.74) is 9.98.